The second-order valence-corrected chi connectivity index (χ2v) is 5.83. The maximum atomic E-state index is 12.0. The van der Waals surface area contributed by atoms with Gasteiger partial charge in [0, 0.05) is 0 Å². The number of halogens is 3. The average Bonchev–Trinajstić information content (AvgIpc) is 2.33. The van der Waals surface area contributed by atoms with E-state index in [1.165, 1.54) is 19.3 Å². The van der Waals surface area contributed by atoms with Crippen LogP contribution in [0.15, 0.2) is 0 Å². The number of aliphatic hydroxyl groups is 2. The van der Waals surface area contributed by atoms with Gasteiger partial charge in [-0.05, 0) is 31.6 Å². The Labute approximate surface area is 153 Å². The van der Waals surface area contributed by atoms with Crippen molar-refractivity contribution >= 4 is 0 Å². The smallest absolute Gasteiger partial charge is 0.393 e. The van der Waals surface area contributed by atoms with Crippen molar-refractivity contribution < 1.29 is 49.6 Å². The summed E-state index contributed by atoms with van der Waals surface area (Å²) in [5.41, 5.74) is 0. The molecule has 4 atom stereocenters. The first-order valence-corrected chi connectivity index (χ1v) is 7.25. The fourth-order valence-electron chi connectivity index (χ4n) is 2.79. The predicted molar refractivity (Wildman–Crippen MR) is 80.5 cm³/mol. The summed E-state index contributed by atoms with van der Waals surface area (Å²) in [5, 5.41) is 18.2. The van der Waals surface area contributed by atoms with Crippen molar-refractivity contribution in [3.05, 3.63) is 14.9 Å². The van der Waals surface area contributed by atoms with Crippen LogP contribution < -0.4 is 0 Å². The molecule has 2 fully saturated rings. The molecule has 2 nitrogen and oxygen atoms in total. The Morgan fingerprint density at radius 3 is 1.45 bits per heavy atom. The molecule has 2 rings (SSSR count). The Kier molecular flexibility index (Phi) is 16.2. The van der Waals surface area contributed by atoms with Gasteiger partial charge in [0.15, 0.2) is 0 Å². The SMILES string of the molecule is CC1CCCCC1O.OC1CCCCC1C(F)(F)F.[CH3-].[CH3-].[Zr+2]. The number of aliphatic hydroxyl groups excluding tert-OH is 2. The van der Waals surface area contributed by atoms with Crippen molar-refractivity contribution in [1.82, 2.24) is 0 Å². The van der Waals surface area contributed by atoms with Gasteiger partial charge in [0.2, 0.25) is 0 Å². The number of alkyl halides is 3. The molecule has 0 spiro atoms. The number of hydrogen-bond donors (Lipinski definition) is 2. The molecule has 0 aromatic rings. The van der Waals surface area contributed by atoms with Gasteiger partial charge in [-0.1, -0.05) is 32.6 Å². The monoisotopic (exact) mass is 402 g/mol. The Morgan fingerprint density at radius 1 is 0.773 bits per heavy atom. The van der Waals surface area contributed by atoms with Crippen LogP contribution in [0, 0.1) is 26.7 Å². The second kappa shape index (κ2) is 12.9. The van der Waals surface area contributed by atoms with Crippen molar-refractivity contribution in [3.8, 4) is 0 Å². The quantitative estimate of drug-likeness (QED) is 0.582. The first kappa shape index (κ1) is 27.4. The molecule has 0 aromatic carbocycles. The zero-order valence-electron chi connectivity index (χ0n) is 14.0. The molecule has 0 radical (unpaired) electrons. The van der Waals surface area contributed by atoms with Crippen LogP contribution in [-0.4, -0.2) is 28.6 Å². The van der Waals surface area contributed by atoms with E-state index in [9.17, 15) is 18.3 Å². The van der Waals surface area contributed by atoms with Gasteiger partial charge in [0.25, 0.3) is 0 Å². The first-order valence-electron chi connectivity index (χ1n) is 7.25. The van der Waals surface area contributed by atoms with Crippen LogP contribution in [0.4, 0.5) is 13.2 Å². The van der Waals surface area contributed by atoms with E-state index in [2.05, 4.69) is 6.92 Å². The summed E-state index contributed by atoms with van der Waals surface area (Å²) >= 11 is 0. The van der Waals surface area contributed by atoms with Crippen molar-refractivity contribution in [2.75, 3.05) is 0 Å². The van der Waals surface area contributed by atoms with Gasteiger partial charge in [-0.15, -0.1) is 0 Å². The van der Waals surface area contributed by atoms with Crippen molar-refractivity contribution in [3.63, 3.8) is 0 Å². The molecule has 132 valence electrons. The Bertz CT molecular complexity index is 252. The third kappa shape index (κ3) is 9.67. The van der Waals surface area contributed by atoms with Crippen molar-refractivity contribution in [2.24, 2.45) is 11.8 Å². The van der Waals surface area contributed by atoms with Crippen LogP contribution in [0.25, 0.3) is 0 Å². The second-order valence-electron chi connectivity index (χ2n) is 5.83. The average molecular weight is 404 g/mol. The Hall–Kier alpha value is 0.593. The summed E-state index contributed by atoms with van der Waals surface area (Å²) in [4.78, 5) is 0. The number of hydrogen-bond acceptors (Lipinski definition) is 2. The maximum Gasteiger partial charge on any atom is 2.00 e. The predicted octanol–water partition coefficient (Wildman–Crippen LogP) is 4.56. The zero-order valence-corrected chi connectivity index (χ0v) is 16.5. The van der Waals surface area contributed by atoms with Gasteiger partial charge < -0.3 is 25.1 Å². The molecule has 2 aliphatic carbocycles. The van der Waals surface area contributed by atoms with Crippen molar-refractivity contribution in [1.29, 1.82) is 0 Å². The van der Waals surface area contributed by atoms with Crippen LogP contribution >= 0.6 is 0 Å². The molecule has 2 saturated carbocycles. The third-order valence-electron chi connectivity index (χ3n) is 4.22. The van der Waals surface area contributed by atoms with Gasteiger partial charge in [-0.2, -0.15) is 13.2 Å². The standard InChI is InChI=1S/C7H11F3O.C7H14O.2CH3.Zr/c8-7(9,10)5-3-1-2-4-6(5)11;1-6-4-2-3-5-7(6)8;;;/h5-6,11H,1-4H2;6-8H,2-5H2,1H3;2*1H3;/q;;2*-1;+2. The molecular weight excluding hydrogens is 372 g/mol. The van der Waals surface area contributed by atoms with Crippen LogP contribution in [-0.2, 0) is 26.2 Å². The number of rotatable bonds is 0. The fourth-order valence-corrected chi connectivity index (χ4v) is 2.79. The molecule has 4 unspecified atom stereocenters. The van der Waals surface area contributed by atoms with Crippen LogP contribution in [0.5, 0.6) is 0 Å². The van der Waals surface area contributed by atoms with E-state index < -0.39 is 18.2 Å². The summed E-state index contributed by atoms with van der Waals surface area (Å²) in [7, 11) is 0. The Morgan fingerprint density at radius 2 is 1.18 bits per heavy atom. The van der Waals surface area contributed by atoms with Crippen LogP contribution in [0.2, 0.25) is 0 Å². The first-order chi connectivity index (χ1) is 8.82. The van der Waals surface area contributed by atoms with Crippen molar-refractivity contribution in [2.45, 2.75) is 76.7 Å². The molecule has 0 aromatic heterocycles. The van der Waals surface area contributed by atoms with Gasteiger partial charge in [-0.3, -0.25) is 0 Å². The molecule has 6 heteroatoms. The summed E-state index contributed by atoms with van der Waals surface area (Å²) < 4.78 is 36.1. The molecular formula is C16H31F3O2Zr. The summed E-state index contributed by atoms with van der Waals surface area (Å²) in [6.45, 7) is 2.13. The summed E-state index contributed by atoms with van der Waals surface area (Å²) in [5.74, 6) is -0.917. The fraction of sp³-hybridized carbons (Fsp3) is 0.875. The van der Waals surface area contributed by atoms with E-state index in [4.69, 9.17) is 5.11 Å². The Balaban J connectivity index is -0.000000299. The summed E-state index contributed by atoms with van der Waals surface area (Å²) in [6.07, 6.45) is 1.11. The molecule has 22 heavy (non-hydrogen) atoms. The van der Waals surface area contributed by atoms with E-state index in [0.717, 1.165) is 6.42 Å². The topological polar surface area (TPSA) is 40.5 Å². The minimum absolute atomic E-state index is 0. The maximum absolute atomic E-state index is 12.0. The van der Waals surface area contributed by atoms with E-state index in [1.54, 1.807) is 0 Å². The van der Waals surface area contributed by atoms with E-state index >= 15 is 0 Å². The van der Waals surface area contributed by atoms with Gasteiger partial charge in [-0.25, -0.2) is 0 Å². The molecule has 0 heterocycles. The normalized spacial score (nSPS) is 31.4. The van der Waals surface area contributed by atoms with Gasteiger partial charge >= 0.3 is 32.4 Å². The minimum atomic E-state index is -4.21. The molecule has 2 N–H and O–H groups in total. The molecule has 0 amide bonds. The molecule has 0 aliphatic heterocycles. The minimum Gasteiger partial charge on any atom is -0.393 e. The zero-order chi connectivity index (χ0) is 14.5. The molecule has 0 bridgehead atoms. The largest absolute Gasteiger partial charge is 2.00 e. The van der Waals surface area contributed by atoms with E-state index in [1.807, 2.05) is 0 Å². The van der Waals surface area contributed by atoms with E-state index in [0.29, 0.717) is 25.2 Å². The summed E-state index contributed by atoms with van der Waals surface area (Å²) in [6, 6.07) is 0. The third-order valence-corrected chi connectivity index (χ3v) is 4.22. The molecule has 0 saturated heterocycles. The van der Waals surface area contributed by atoms with Crippen LogP contribution in [0.1, 0.15) is 58.3 Å². The van der Waals surface area contributed by atoms with Crippen LogP contribution in [0.3, 0.4) is 0 Å². The molecule has 2 aliphatic rings. The van der Waals surface area contributed by atoms with Gasteiger partial charge in [0.05, 0.1) is 18.1 Å². The van der Waals surface area contributed by atoms with E-state index in [-0.39, 0.29) is 53.6 Å². The van der Waals surface area contributed by atoms with Gasteiger partial charge in [0.1, 0.15) is 0 Å².